The van der Waals surface area contributed by atoms with E-state index < -0.39 is 8.80 Å². The molecule has 0 aromatic carbocycles. The van der Waals surface area contributed by atoms with E-state index in [-0.39, 0.29) is 0 Å². The summed E-state index contributed by atoms with van der Waals surface area (Å²) >= 11 is 0. The minimum absolute atomic E-state index is 0.640. The third-order valence-corrected chi connectivity index (χ3v) is 4.89. The molecule has 0 saturated carbocycles. The Morgan fingerprint density at radius 2 is 1.53 bits per heavy atom. The maximum absolute atomic E-state index is 5.41. The van der Waals surface area contributed by atoms with E-state index in [9.17, 15) is 0 Å². The highest BCUT2D eigenvalue weighted by Crippen LogP contribution is 2.14. The van der Waals surface area contributed by atoms with Gasteiger partial charge in [0.15, 0.2) is 0 Å². The largest absolute Gasteiger partial charge is 0.500 e. The Hall–Kier alpha value is 0.0169. The lowest BCUT2D eigenvalue weighted by Gasteiger charge is -2.24. The molecule has 5 nitrogen and oxygen atoms in total. The molecular weight excluding hydrogens is 214 g/mol. The third kappa shape index (κ3) is 6.24. The summed E-state index contributed by atoms with van der Waals surface area (Å²) in [6.07, 6.45) is 0.885. The molecule has 0 amide bonds. The molecule has 0 radical (unpaired) electrons. The number of hydrogen-bond acceptors (Lipinski definition) is 5. The summed E-state index contributed by atoms with van der Waals surface area (Å²) in [7, 11) is 6.43. The standard InChI is InChI=1S/C9H23NO4Si/c1-10(2)9-14-7-6-8-15(11-3,12-4)13-5/h6-9H2,1-5H3. The molecule has 0 bridgehead atoms. The van der Waals surface area contributed by atoms with Crippen molar-refractivity contribution in [3.05, 3.63) is 0 Å². The highest BCUT2D eigenvalue weighted by Gasteiger charge is 2.36. The van der Waals surface area contributed by atoms with E-state index >= 15 is 0 Å². The van der Waals surface area contributed by atoms with Gasteiger partial charge in [-0.3, -0.25) is 4.90 Å². The van der Waals surface area contributed by atoms with Gasteiger partial charge in [0.05, 0.1) is 6.73 Å². The molecule has 0 aliphatic heterocycles. The molecule has 0 aromatic rings. The Morgan fingerprint density at radius 1 is 1.00 bits per heavy atom. The molecule has 0 saturated heterocycles. The predicted octanol–water partition coefficient (Wildman–Crippen LogP) is 0.790. The lowest BCUT2D eigenvalue weighted by Crippen LogP contribution is -2.42. The zero-order valence-electron chi connectivity index (χ0n) is 10.4. The lowest BCUT2D eigenvalue weighted by atomic mass is 10.5. The van der Waals surface area contributed by atoms with Crippen LogP contribution in [0.3, 0.4) is 0 Å². The molecular formula is C9H23NO4Si. The number of nitrogens with zero attached hydrogens (tertiary/aromatic N) is 1. The lowest BCUT2D eigenvalue weighted by molar-refractivity contribution is 0.0526. The second-order valence-corrected chi connectivity index (χ2v) is 6.61. The van der Waals surface area contributed by atoms with Crippen molar-refractivity contribution in [2.45, 2.75) is 12.5 Å². The number of rotatable bonds is 9. The van der Waals surface area contributed by atoms with Crippen LogP contribution in [0.15, 0.2) is 0 Å². The van der Waals surface area contributed by atoms with Gasteiger partial charge in [-0.1, -0.05) is 0 Å². The van der Waals surface area contributed by atoms with Crippen molar-refractivity contribution in [2.75, 3.05) is 48.8 Å². The Kier molecular flexibility index (Phi) is 8.21. The number of ether oxygens (including phenoxy) is 1. The van der Waals surface area contributed by atoms with Crippen LogP contribution >= 0.6 is 0 Å². The van der Waals surface area contributed by atoms with Gasteiger partial charge in [-0.25, -0.2) is 0 Å². The van der Waals surface area contributed by atoms with Gasteiger partial charge < -0.3 is 18.0 Å². The molecule has 92 valence electrons. The minimum atomic E-state index is -2.39. The Bertz CT molecular complexity index is 145. The van der Waals surface area contributed by atoms with Crippen molar-refractivity contribution in [3.63, 3.8) is 0 Å². The van der Waals surface area contributed by atoms with Crippen LogP contribution in [0.5, 0.6) is 0 Å². The second kappa shape index (κ2) is 8.20. The highest BCUT2D eigenvalue weighted by molar-refractivity contribution is 6.60. The molecule has 0 rings (SSSR count). The molecule has 6 heteroatoms. The molecule has 0 atom stereocenters. The van der Waals surface area contributed by atoms with Gasteiger partial charge in [0.2, 0.25) is 0 Å². The minimum Gasteiger partial charge on any atom is -0.377 e. The zero-order valence-corrected chi connectivity index (χ0v) is 11.4. The van der Waals surface area contributed by atoms with E-state index in [0.29, 0.717) is 13.3 Å². The Morgan fingerprint density at radius 3 is 1.93 bits per heavy atom. The van der Waals surface area contributed by atoms with Crippen LogP contribution in [-0.4, -0.2) is 62.5 Å². The van der Waals surface area contributed by atoms with Crippen molar-refractivity contribution < 1.29 is 18.0 Å². The summed E-state index contributed by atoms with van der Waals surface area (Å²) in [6, 6.07) is 0.782. The van der Waals surface area contributed by atoms with Crippen LogP contribution < -0.4 is 0 Å². The molecule has 0 aromatic heterocycles. The maximum Gasteiger partial charge on any atom is 0.500 e. The van der Waals surface area contributed by atoms with Crippen molar-refractivity contribution in [1.29, 1.82) is 0 Å². The summed E-state index contributed by atoms with van der Waals surface area (Å²) in [5.41, 5.74) is 0. The first-order valence-electron chi connectivity index (χ1n) is 4.98. The Balaban J connectivity index is 3.63. The van der Waals surface area contributed by atoms with Gasteiger partial charge >= 0.3 is 8.80 Å². The van der Waals surface area contributed by atoms with E-state index in [0.717, 1.165) is 12.5 Å². The van der Waals surface area contributed by atoms with Crippen molar-refractivity contribution in [1.82, 2.24) is 4.90 Å². The summed E-state index contributed by atoms with van der Waals surface area (Å²) in [5.74, 6) is 0. The average Bonchev–Trinajstić information content (AvgIpc) is 2.24. The quantitative estimate of drug-likeness (QED) is 0.337. The smallest absolute Gasteiger partial charge is 0.377 e. The summed E-state index contributed by atoms with van der Waals surface area (Å²) < 4.78 is 21.3. The van der Waals surface area contributed by atoms with Crippen LogP contribution in [0.4, 0.5) is 0 Å². The molecule has 0 N–H and O–H groups in total. The van der Waals surface area contributed by atoms with Crippen LogP contribution in [0.2, 0.25) is 6.04 Å². The summed E-state index contributed by atoms with van der Waals surface area (Å²) in [4.78, 5) is 1.98. The van der Waals surface area contributed by atoms with E-state index in [1.54, 1.807) is 21.3 Å². The molecule has 0 fully saturated rings. The van der Waals surface area contributed by atoms with Gasteiger partial charge in [-0.05, 0) is 20.5 Å². The molecule has 15 heavy (non-hydrogen) atoms. The summed E-state index contributed by atoms with van der Waals surface area (Å²) in [6.45, 7) is 1.34. The predicted molar refractivity (Wildman–Crippen MR) is 60.7 cm³/mol. The molecule has 0 spiro atoms. The monoisotopic (exact) mass is 237 g/mol. The van der Waals surface area contributed by atoms with Crippen LogP contribution in [-0.2, 0) is 18.0 Å². The van der Waals surface area contributed by atoms with E-state index in [1.807, 2.05) is 19.0 Å². The van der Waals surface area contributed by atoms with Crippen LogP contribution in [0, 0.1) is 0 Å². The van der Waals surface area contributed by atoms with Gasteiger partial charge in [0.25, 0.3) is 0 Å². The highest BCUT2D eigenvalue weighted by atomic mass is 28.4. The fourth-order valence-electron chi connectivity index (χ4n) is 1.19. The SMILES string of the molecule is CO[Si](CCCOCN(C)C)(OC)OC. The van der Waals surface area contributed by atoms with E-state index in [1.165, 1.54) is 0 Å². The average molecular weight is 237 g/mol. The zero-order chi connectivity index (χ0) is 11.7. The number of hydrogen-bond donors (Lipinski definition) is 0. The van der Waals surface area contributed by atoms with Crippen LogP contribution in [0.25, 0.3) is 0 Å². The van der Waals surface area contributed by atoms with Crippen molar-refractivity contribution in [2.24, 2.45) is 0 Å². The Labute approximate surface area is 93.6 Å². The third-order valence-electron chi connectivity index (χ3n) is 2.05. The normalized spacial score (nSPS) is 12.4. The maximum atomic E-state index is 5.41. The van der Waals surface area contributed by atoms with E-state index in [4.69, 9.17) is 18.0 Å². The second-order valence-electron chi connectivity index (χ2n) is 3.52. The molecule has 0 aliphatic rings. The first kappa shape index (κ1) is 15.0. The van der Waals surface area contributed by atoms with Crippen LogP contribution in [0.1, 0.15) is 6.42 Å². The van der Waals surface area contributed by atoms with Crippen molar-refractivity contribution in [3.8, 4) is 0 Å². The van der Waals surface area contributed by atoms with E-state index in [2.05, 4.69) is 0 Å². The summed E-state index contributed by atoms with van der Waals surface area (Å²) in [5, 5.41) is 0. The first-order valence-corrected chi connectivity index (χ1v) is 6.91. The van der Waals surface area contributed by atoms with Gasteiger partial charge in [-0.15, -0.1) is 0 Å². The fourth-order valence-corrected chi connectivity index (χ4v) is 2.88. The molecule has 0 aliphatic carbocycles. The van der Waals surface area contributed by atoms with Crippen molar-refractivity contribution >= 4 is 8.80 Å². The molecule has 0 unspecified atom stereocenters. The first-order chi connectivity index (χ1) is 7.10. The molecule has 0 heterocycles. The van der Waals surface area contributed by atoms with Gasteiger partial charge in [-0.2, -0.15) is 0 Å². The fraction of sp³-hybridized carbons (Fsp3) is 1.00. The van der Waals surface area contributed by atoms with Gasteiger partial charge in [0, 0.05) is 34.0 Å². The topological polar surface area (TPSA) is 40.2 Å². The van der Waals surface area contributed by atoms with Gasteiger partial charge in [0.1, 0.15) is 0 Å².